The number of halogens is 2. The first kappa shape index (κ1) is 18.7. The highest BCUT2D eigenvalue weighted by Crippen LogP contribution is 2.14. The SMILES string of the molecule is Cl.O=C(CC1COCCN1)Nc1ccnn1Cc1ccc(Cl)cc1. The molecule has 1 fully saturated rings. The van der Waals surface area contributed by atoms with Crippen LogP contribution >= 0.6 is 24.0 Å². The van der Waals surface area contributed by atoms with Crippen LogP contribution in [0.1, 0.15) is 12.0 Å². The maximum atomic E-state index is 12.2. The Hall–Kier alpha value is -1.60. The van der Waals surface area contributed by atoms with Crippen molar-refractivity contribution in [3.63, 3.8) is 0 Å². The van der Waals surface area contributed by atoms with Crippen LogP contribution in [0.4, 0.5) is 5.82 Å². The second-order valence-corrected chi connectivity index (χ2v) is 5.92. The zero-order valence-corrected chi connectivity index (χ0v) is 14.6. The number of carbonyl (C=O) groups excluding carboxylic acids is 1. The predicted octanol–water partition coefficient (Wildman–Crippen LogP) is 2.32. The fraction of sp³-hybridized carbons (Fsp3) is 0.375. The van der Waals surface area contributed by atoms with Crippen molar-refractivity contribution in [1.29, 1.82) is 0 Å². The maximum Gasteiger partial charge on any atom is 0.227 e. The molecule has 130 valence electrons. The molecule has 24 heavy (non-hydrogen) atoms. The first-order chi connectivity index (χ1) is 11.2. The molecule has 0 radical (unpaired) electrons. The molecule has 8 heteroatoms. The minimum Gasteiger partial charge on any atom is -0.378 e. The van der Waals surface area contributed by atoms with Crippen molar-refractivity contribution in [2.75, 3.05) is 25.1 Å². The second-order valence-electron chi connectivity index (χ2n) is 5.48. The van der Waals surface area contributed by atoms with Gasteiger partial charge in [0.1, 0.15) is 5.82 Å². The maximum absolute atomic E-state index is 12.2. The summed E-state index contributed by atoms with van der Waals surface area (Å²) in [6.45, 7) is 2.63. The van der Waals surface area contributed by atoms with Gasteiger partial charge in [0.25, 0.3) is 0 Å². The molecular formula is C16H20Cl2N4O2. The zero-order valence-electron chi connectivity index (χ0n) is 13.1. The Labute approximate surface area is 151 Å². The fourth-order valence-corrected chi connectivity index (χ4v) is 2.62. The van der Waals surface area contributed by atoms with Crippen LogP contribution in [-0.2, 0) is 16.1 Å². The molecule has 3 rings (SSSR count). The molecule has 2 N–H and O–H groups in total. The third kappa shape index (κ3) is 5.21. The van der Waals surface area contributed by atoms with Crippen LogP contribution < -0.4 is 10.6 Å². The number of nitrogens with zero attached hydrogens (tertiary/aromatic N) is 2. The molecule has 0 aliphatic carbocycles. The zero-order chi connectivity index (χ0) is 16.1. The van der Waals surface area contributed by atoms with E-state index >= 15 is 0 Å². The van der Waals surface area contributed by atoms with Gasteiger partial charge < -0.3 is 15.4 Å². The van der Waals surface area contributed by atoms with Gasteiger partial charge in [-0.25, -0.2) is 4.68 Å². The van der Waals surface area contributed by atoms with Gasteiger partial charge in [0.2, 0.25) is 5.91 Å². The molecule has 0 saturated carbocycles. The normalized spacial score (nSPS) is 17.1. The highest BCUT2D eigenvalue weighted by molar-refractivity contribution is 6.30. The van der Waals surface area contributed by atoms with Gasteiger partial charge in [-0.1, -0.05) is 23.7 Å². The van der Waals surface area contributed by atoms with Crippen LogP contribution in [0, 0.1) is 0 Å². The molecular weight excluding hydrogens is 351 g/mol. The average Bonchev–Trinajstić information content (AvgIpc) is 2.97. The summed E-state index contributed by atoms with van der Waals surface area (Å²) >= 11 is 5.89. The first-order valence-electron chi connectivity index (χ1n) is 7.58. The number of aromatic nitrogens is 2. The van der Waals surface area contributed by atoms with E-state index in [-0.39, 0.29) is 24.4 Å². The number of carbonyl (C=O) groups is 1. The monoisotopic (exact) mass is 370 g/mol. The summed E-state index contributed by atoms with van der Waals surface area (Å²) in [6, 6.07) is 9.42. The number of hydrogen-bond donors (Lipinski definition) is 2. The quantitative estimate of drug-likeness (QED) is 0.847. The molecule has 1 amide bonds. The number of amides is 1. The summed E-state index contributed by atoms with van der Waals surface area (Å²) in [5.74, 6) is 0.632. The highest BCUT2D eigenvalue weighted by atomic mass is 35.5. The lowest BCUT2D eigenvalue weighted by molar-refractivity contribution is -0.117. The summed E-state index contributed by atoms with van der Waals surface area (Å²) in [5.41, 5.74) is 1.07. The van der Waals surface area contributed by atoms with Gasteiger partial charge in [-0.3, -0.25) is 4.79 Å². The van der Waals surface area contributed by atoms with Crippen molar-refractivity contribution in [2.45, 2.75) is 19.0 Å². The molecule has 2 aromatic rings. The number of nitrogens with one attached hydrogen (secondary N) is 2. The van der Waals surface area contributed by atoms with Crippen LogP contribution in [0.3, 0.4) is 0 Å². The lowest BCUT2D eigenvalue weighted by Gasteiger charge is -2.23. The lowest BCUT2D eigenvalue weighted by atomic mass is 10.2. The van der Waals surface area contributed by atoms with Gasteiger partial charge in [0.15, 0.2) is 0 Å². The smallest absolute Gasteiger partial charge is 0.227 e. The van der Waals surface area contributed by atoms with Gasteiger partial charge in [-0.05, 0) is 17.7 Å². The molecule has 1 aromatic heterocycles. The first-order valence-corrected chi connectivity index (χ1v) is 7.96. The summed E-state index contributed by atoms with van der Waals surface area (Å²) in [7, 11) is 0. The molecule has 1 saturated heterocycles. The van der Waals surface area contributed by atoms with Gasteiger partial charge in [0.05, 0.1) is 26.0 Å². The van der Waals surface area contributed by atoms with E-state index in [9.17, 15) is 4.79 Å². The third-order valence-corrected chi connectivity index (χ3v) is 3.91. The average molecular weight is 371 g/mol. The number of rotatable bonds is 5. The molecule has 1 aliphatic heterocycles. The van der Waals surface area contributed by atoms with E-state index in [0.29, 0.717) is 37.0 Å². The Kier molecular flexibility index (Phi) is 7.05. The Morgan fingerprint density at radius 3 is 2.88 bits per heavy atom. The Morgan fingerprint density at radius 1 is 1.38 bits per heavy atom. The second kappa shape index (κ2) is 9.03. The van der Waals surface area contributed by atoms with Crippen LogP contribution in [-0.4, -0.2) is 41.5 Å². The summed E-state index contributed by atoms with van der Waals surface area (Å²) in [6.07, 6.45) is 2.06. The fourth-order valence-electron chi connectivity index (χ4n) is 2.50. The largest absolute Gasteiger partial charge is 0.378 e. The van der Waals surface area contributed by atoms with E-state index in [1.165, 1.54) is 0 Å². The number of ether oxygens (including phenoxy) is 1. The van der Waals surface area contributed by atoms with E-state index < -0.39 is 0 Å². The molecule has 1 aliphatic rings. The summed E-state index contributed by atoms with van der Waals surface area (Å²) in [5, 5.41) is 11.1. The van der Waals surface area contributed by atoms with Gasteiger partial charge in [0, 0.05) is 30.1 Å². The van der Waals surface area contributed by atoms with Gasteiger partial charge in [-0.2, -0.15) is 5.10 Å². The Balaban J connectivity index is 0.00000208. The van der Waals surface area contributed by atoms with Crippen molar-refractivity contribution < 1.29 is 9.53 Å². The predicted molar refractivity (Wildman–Crippen MR) is 95.9 cm³/mol. The minimum absolute atomic E-state index is 0. The lowest BCUT2D eigenvalue weighted by Crippen LogP contribution is -2.43. The van der Waals surface area contributed by atoms with E-state index in [1.54, 1.807) is 16.9 Å². The third-order valence-electron chi connectivity index (χ3n) is 3.66. The van der Waals surface area contributed by atoms with Crippen molar-refractivity contribution >= 4 is 35.7 Å². The van der Waals surface area contributed by atoms with Gasteiger partial charge >= 0.3 is 0 Å². The molecule has 0 spiro atoms. The summed E-state index contributed by atoms with van der Waals surface area (Å²) in [4.78, 5) is 12.2. The standard InChI is InChI=1S/C16H19ClN4O2.ClH/c17-13-3-1-12(2-4-13)10-21-15(5-6-19-21)20-16(22)9-14-11-23-8-7-18-14;/h1-6,14,18H,7-11H2,(H,20,22);1H. The molecule has 2 heterocycles. The van der Waals surface area contributed by atoms with E-state index in [1.807, 2.05) is 24.3 Å². The molecule has 1 atom stereocenters. The van der Waals surface area contributed by atoms with Crippen molar-refractivity contribution in [1.82, 2.24) is 15.1 Å². The van der Waals surface area contributed by atoms with Gasteiger partial charge in [-0.15, -0.1) is 12.4 Å². The van der Waals surface area contributed by atoms with Crippen LogP contribution in [0.15, 0.2) is 36.5 Å². The van der Waals surface area contributed by atoms with Crippen molar-refractivity contribution in [3.8, 4) is 0 Å². The molecule has 1 aromatic carbocycles. The Morgan fingerprint density at radius 2 is 2.17 bits per heavy atom. The van der Waals surface area contributed by atoms with Crippen molar-refractivity contribution in [2.24, 2.45) is 0 Å². The topological polar surface area (TPSA) is 68.2 Å². The van der Waals surface area contributed by atoms with E-state index in [0.717, 1.165) is 12.1 Å². The van der Waals surface area contributed by atoms with E-state index in [4.69, 9.17) is 16.3 Å². The number of morpholine rings is 1. The van der Waals surface area contributed by atoms with Crippen LogP contribution in [0.5, 0.6) is 0 Å². The van der Waals surface area contributed by atoms with Crippen LogP contribution in [0.25, 0.3) is 0 Å². The molecule has 1 unspecified atom stereocenters. The highest BCUT2D eigenvalue weighted by Gasteiger charge is 2.17. The minimum atomic E-state index is -0.0501. The number of hydrogen-bond acceptors (Lipinski definition) is 4. The van der Waals surface area contributed by atoms with E-state index in [2.05, 4.69) is 15.7 Å². The molecule has 0 bridgehead atoms. The summed E-state index contributed by atoms with van der Waals surface area (Å²) < 4.78 is 7.12. The molecule has 6 nitrogen and oxygen atoms in total. The number of benzene rings is 1. The van der Waals surface area contributed by atoms with Crippen LogP contribution in [0.2, 0.25) is 5.02 Å². The van der Waals surface area contributed by atoms with Crippen molar-refractivity contribution in [3.05, 3.63) is 47.1 Å². The Bertz CT molecular complexity index is 654. The number of anilines is 1.